The summed E-state index contributed by atoms with van der Waals surface area (Å²) in [5.41, 5.74) is 4.42. The van der Waals surface area contributed by atoms with Crippen LogP contribution in [-0.4, -0.2) is 59.1 Å². The van der Waals surface area contributed by atoms with Crippen LogP contribution < -0.4 is 5.32 Å². The summed E-state index contributed by atoms with van der Waals surface area (Å²) in [6.45, 7) is 1.07. The van der Waals surface area contributed by atoms with E-state index in [4.69, 9.17) is 4.74 Å². The lowest BCUT2D eigenvalue weighted by molar-refractivity contribution is -0.148. The van der Waals surface area contributed by atoms with Gasteiger partial charge in [-0.05, 0) is 35.1 Å². The number of likely N-dealkylation sites (tertiary alicyclic amines) is 1. The molecule has 9 heteroatoms. The minimum atomic E-state index is -3.22. The zero-order valence-corrected chi connectivity index (χ0v) is 19.4. The first-order valence-corrected chi connectivity index (χ1v) is 11.7. The number of nitrogens with one attached hydrogen (secondary N) is 1. The van der Waals surface area contributed by atoms with Crippen molar-refractivity contribution in [2.24, 2.45) is 0 Å². The molecule has 0 spiro atoms. The molecule has 0 radical (unpaired) electrons. The average molecular weight is 487 g/mol. The third-order valence-electron chi connectivity index (χ3n) is 6.74. The van der Waals surface area contributed by atoms with Crippen molar-refractivity contribution in [3.8, 4) is 11.1 Å². The number of nitrogens with zero attached hydrogens (tertiary/aromatic N) is 1. The molecule has 1 aliphatic heterocycles. The fourth-order valence-corrected chi connectivity index (χ4v) is 4.93. The number of alkyl halides is 2. The van der Waals surface area contributed by atoms with Gasteiger partial charge in [-0.2, -0.15) is 0 Å². The molecular formula is C26H28F2N2O5. The number of hydrogen-bond acceptors (Lipinski definition) is 4. The van der Waals surface area contributed by atoms with Crippen molar-refractivity contribution in [3.63, 3.8) is 0 Å². The monoisotopic (exact) mass is 486 g/mol. The van der Waals surface area contributed by atoms with Gasteiger partial charge < -0.3 is 20.1 Å². The molecule has 1 unspecified atom stereocenters. The highest BCUT2D eigenvalue weighted by molar-refractivity contribution is 5.84. The highest BCUT2D eigenvalue weighted by Gasteiger charge is 2.49. The molecule has 1 fully saturated rings. The normalized spacial score (nSPS) is 19.1. The number of ether oxygens (including phenoxy) is 1. The van der Waals surface area contributed by atoms with Crippen LogP contribution in [0.4, 0.5) is 13.6 Å². The van der Waals surface area contributed by atoms with Gasteiger partial charge in [0.1, 0.15) is 12.6 Å². The molecular weight excluding hydrogens is 458 g/mol. The molecule has 0 bridgehead atoms. The van der Waals surface area contributed by atoms with Crippen LogP contribution in [0.2, 0.25) is 0 Å². The predicted octanol–water partition coefficient (Wildman–Crippen LogP) is 4.40. The van der Waals surface area contributed by atoms with E-state index in [0.717, 1.165) is 27.2 Å². The van der Waals surface area contributed by atoms with E-state index < -0.39 is 48.9 Å². The number of carbonyl (C=O) groups is 3. The molecule has 2 N–H and O–H groups in total. The van der Waals surface area contributed by atoms with Crippen LogP contribution in [0.1, 0.15) is 49.7 Å². The maximum absolute atomic E-state index is 13.7. The van der Waals surface area contributed by atoms with Gasteiger partial charge >= 0.3 is 12.1 Å². The molecule has 186 valence electrons. The fraction of sp³-hybridized carbons (Fsp3) is 0.423. The smallest absolute Gasteiger partial charge is 0.407 e. The number of halogens is 2. The highest BCUT2D eigenvalue weighted by atomic mass is 19.3. The van der Waals surface area contributed by atoms with Crippen molar-refractivity contribution in [3.05, 3.63) is 59.7 Å². The quantitative estimate of drug-likeness (QED) is 0.577. The number of alkyl carbamates (subject to hydrolysis) is 1. The van der Waals surface area contributed by atoms with Crippen LogP contribution in [0, 0.1) is 0 Å². The molecule has 2 aliphatic rings. The first-order chi connectivity index (χ1) is 16.7. The summed E-state index contributed by atoms with van der Waals surface area (Å²) in [6.07, 6.45) is -0.975. The largest absolute Gasteiger partial charge is 0.480 e. The Morgan fingerprint density at radius 3 is 2.29 bits per heavy atom. The Hall–Kier alpha value is -3.49. The van der Waals surface area contributed by atoms with E-state index in [0.29, 0.717) is 6.42 Å². The van der Waals surface area contributed by atoms with Crippen LogP contribution in [0.3, 0.4) is 0 Å². The van der Waals surface area contributed by atoms with Crippen molar-refractivity contribution in [1.82, 2.24) is 10.2 Å². The van der Waals surface area contributed by atoms with E-state index in [1.54, 1.807) is 0 Å². The Labute approximate surface area is 202 Å². The average Bonchev–Trinajstić information content (AvgIpc) is 3.34. The summed E-state index contributed by atoms with van der Waals surface area (Å²) in [7, 11) is 0. The van der Waals surface area contributed by atoms with Crippen LogP contribution >= 0.6 is 0 Å². The van der Waals surface area contributed by atoms with Gasteiger partial charge in [-0.1, -0.05) is 55.5 Å². The number of fused-ring (bicyclic) bond motifs is 3. The fourth-order valence-electron chi connectivity index (χ4n) is 4.93. The summed E-state index contributed by atoms with van der Waals surface area (Å²) in [5, 5.41) is 11.9. The molecule has 2 aromatic carbocycles. The van der Waals surface area contributed by atoms with E-state index in [-0.39, 0.29) is 25.4 Å². The van der Waals surface area contributed by atoms with Crippen molar-refractivity contribution >= 4 is 18.0 Å². The Balaban J connectivity index is 1.31. The van der Waals surface area contributed by atoms with Gasteiger partial charge in [0.05, 0.1) is 6.54 Å². The Kier molecular flexibility index (Phi) is 7.05. The van der Waals surface area contributed by atoms with Crippen molar-refractivity contribution in [2.75, 3.05) is 13.2 Å². The Morgan fingerprint density at radius 1 is 1.11 bits per heavy atom. The van der Waals surface area contributed by atoms with Gasteiger partial charge in [-0.3, -0.25) is 4.79 Å². The lowest BCUT2D eigenvalue weighted by atomic mass is 9.98. The maximum atomic E-state index is 13.7. The standard InChI is InChI=1S/C26H28F2N2O5/c1-2-16(11-12-23(31)30-15-26(27,28)13-22(30)24(32)33)29-25(34)35-14-21-19-9-5-3-7-17(19)18-8-4-6-10-20(18)21/h3-10,16,21-22H,2,11-15H2,1H3,(H,29,34)(H,32,33)/t16?,22-/m0/s1. The topological polar surface area (TPSA) is 95.9 Å². The minimum absolute atomic E-state index is 0.0837. The van der Waals surface area contributed by atoms with Gasteiger partial charge in [0.25, 0.3) is 5.92 Å². The van der Waals surface area contributed by atoms with Gasteiger partial charge in [-0.25, -0.2) is 18.4 Å². The number of carboxylic acids is 1. The van der Waals surface area contributed by atoms with Gasteiger partial charge in [0, 0.05) is 24.8 Å². The third kappa shape index (κ3) is 5.28. The number of amides is 2. The number of carbonyl (C=O) groups excluding carboxylic acids is 2. The summed E-state index contributed by atoms with van der Waals surface area (Å²) in [4.78, 5) is 37.0. The lowest BCUT2D eigenvalue weighted by Gasteiger charge is -2.23. The second-order valence-electron chi connectivity index (χ2n) is 9.05. The second-order valence-corrected chi connectivity index (χ2v) is 9.05. The van der Waals surface area contributed by atoms with Crippen molar-refractivity contribution < 1.29 is 33.0 Å². The van der Waals surface area contributed by atoms with Crippen LogP contribution in [-0.2, 0) is 14.3 Å². The van der Waals surface area contributed by atoms with Crippen molar-refractivity contribution in [2.45, 2.75) is 56.5 Å². The van der Waals surface area contributed by atoms with E-state index in [2.05, 4.69) is 5.32 Å². The summed E-state index contributed by atoms with van der Waals surface area (Å²) >= 11 is 0. The first-order valence-electron chi connectivity index (χ1n) is 11.7. The lowest BCUT2D eigenvalue weighted by Crippen LogP contribution is -2.42. The summed E-state index contributed by atoms with van der Waals surface area (Å²) in [6, 6.07) is 14.0. The molecule has 2 amide bonds. The molecule has 1 saturated heterocycles. The van der Waals surface area contributed by atoms with Crippen LogP contribution in [0.5, 0.6) is 0 Å². The van der Waals surface area contributed by atoms with Crippen LogP contribution in [0.15, 0.2) is 48.5 Å². The molecule has 1 heterocycles. The molecule has 0 saturated carbocycles. The maximum Gasteiger partial charge on any atom is 0.407 e. The molecule has 0 aromatic heterocycles. The molecule has 1 aliphatic carbocycles. The van der Waals surface area contributed by atoms with Gasteiger partial charge in [-0.15, -0.1) is 0 Å². The number of rotatable bonds is 8. The van der Waals surface area contributed by atoms with E-state index in [1.165, 1.54) is 0 Å². The van der Waals surface area contributed by atoms with E-state index >= 15 is 0 Å². The third-order valence-corrected chi connectivity index (χ3v) is 6.74. The van der Waals surface area contributed by atoms with E-state index in [9.17, 15) is 28.3 Å². The molecule has 4 rings (SSSR count). The molecule has 35 heavy (non-hydrogen) atoms. The Morgan fingerprint density at radius 2 is 1.71 bits per heavy atom. The minimum Gasteiger partial charge on any atom is -0.480 e. The summed E-state index contributed by atoms with van der Waals surface area (Å²) in [5.74, 6) is -5.41. The molecule has 7 nitrogen and oxygen atoms in total. The number of aliphatic carboxylic acids is 1. The zero-order chi connectivity index (χ0) is 25.2. The number of benzene rings is 2. The first kappa shape index (κ1) is 24.6. The SMILES string of the molecule is CCC(CCC(=O)N1CC(F)(F)C[C@H]1C(=O)O)NC(=O)OCC1c2ccccc2-c2ccccc21. The zero-order valence-electron chi connectivity index (χ0n) is 19.4. The van der Waals surface area contributed by atoms with Gasteiger partial charge in [0.15, 0.2) is 0 Å². The second kappa shape index (κ2) is 10.0. The van der Waals surface area contributed by atoms with Gasteiger partial charge in [0.2, 0.25) is 5.91 Å². The number of carboxylic acid groups (broad SMARTS) is 1. The van der Waals surface area contributed by atoms with Crippen LogP contribution in [0.25, 0.3) is 11.1 Å². The Bertz CT molecular complexity index is 1080. The number of hydrogen-bond donors (Lipinski definition) is 2. The van der Waals surface area contributed by atoms with E-state index in [1.807, 2.05) is 55.5 Å². The molecule has 2 atom stereocenters. The highest BCUT2D eigenvalue weighted by Crippen LogP contribution is 2.44. The molecule has 2 aromatic rings. The van der Waals surface area contributed by atoms with Crippen molar-refractivity contribution in [1.29, 1.82) is 0 Å². The summed E-state index contributed by atoms with van der Waals surface area (Å²) < 4.78 is 32.9. The predicted molar refractivity (Wildman–Crippen MR) is 124 cm³/mol.